The van der Waals surface area contributed by atoms with E-state index in [0.717, 1.165) is 12.0 Å². The van der Waals surface area contributed by atoms with Crippen LogP contribution in [0.5, 0.6) is 0 Å². The van der Waals surface area contributed by atoms with Crippen LogP contribution < -0.4 is 5.32 Å². The summed E-state index contributed by atoms with van der Waals surface area (Å²) in [6.45, 7) is 10.4. The molecular formula is C27H36F3NO2. The summed E-state index contributed by atoms with van der Waals surface area (Å²) in [5.74, 6) is -1.13. The van der Waals surface area contributed by atoms with E-state index >= 15 is 0 Å². The van der Waals surface area contributed by atoms with Crippen LogP contribution in [-0.2, 0) is 22.3 Å². The van der Waals surface area contributed by atoms with E-state index in [1.54, 1.807) is 13.0 Å². The highest BCUT2D eigenvalue weighted by Crippen LogP contribution is 2.42. The van der Waals surface area contributed by atoms with E-state index in [4.69, 9.17) is 4.74 Å². The lowest BCUT2D eigenvalue weighted by atomic mass is 9.83. The Labute approximate surface area is 195 Å². The van der Waals surface area contributed by atoms with Crippen molar-refractivity contribution >= 4 is 5.97 Å². The van der Waals surface area contributed by atoms with Crippen LogP contribution in [0.1, 0.15) is 70.1 Å². The Bertz CT molecular complexity index is 892. The van der Waals surface area contributed by atoms with Crippen molar-refractivity contribution in [2.45, 2.75) is 66.1 Å². The lowest BCUT2D eigenvalue weighted by Crippen LogP contribution is -2.25. The van der Waals surface area contributed by atoms with Crippen LogP contribution >= 0.6 is 0 Å². The van der Waals surface area contributed by atoms with Crippen molar-refractivity contribution in [2.24, 2.45) is 11.8 Å². The third-order valence-electron chi connectivity index (χ3n) is 5.51. The summed E-state index contributed by atoms with van der Waals surface area (Å²) in [5, 5.41) is 3.17. The van der Waals surface area contributed by atoms with Crippen LogP contribution in [-0.4, -0.2) is 19.1 Å². The van der Waals surface area contributed by atoms with Crippen LogP contribution in [0, 0.1) is 11.8 Å². The molecule has 0 bridgehead atoms. The maximum absolute atomic E-state index is 14.4. The number of benzene rings is 2. The van der Waals surface area contributed by atoms with Crippen molar-refractivity contribution < 1.29 is 22.7 Å². The summed E-state index contributed by atoms with van der Waals surface area (Å²) in [6.07, 6.45) is -3.45. The Kier molecular flexibility index (Phi) is 9.96. The molecule has 0 saturated carbocycles. The van der Waals surface area contributed by atoms with Crippen molar-refractivity contribution in [3.8, 4) is 11.1 Å². The first-order valence-electron chi connectivity index (χ1n) is 11.7. The Morgan fingerprint density at radius 3 is 2.21 bits per heavy atom. The third kappa shape index (κ3) is 7.88. The average Bonchev–Trinajstić information content (AvgIpc) is 2.74. The molecule has 1 N–H and O–H groups in total. The van der Waals surface area contributed by atoms with Gasteiger partial charge in [0.1, 0.15) is 0 Å². The van der Waals surface area contributed by atoms with Gasteiger partial charge in [-0.3, -0.25) is 4.79 Å². The minimum Gasteiger partial charge on any atom is -0.466 e. The molecule has 0 radical (unpaired) electrons. The SMILES string of the molecule is CCOC(=O)C(CC(C)C)c1cc(-c2ccccc2)cc(CNCCC(C)C)c1C(F)(F)F. The fourth-order valence-electron chi connectivity index (χ4n) is 3.96. The van der Waals surface area contributed by atoms with Gasteiger partial charge in [0.25, 0.3) is 0 Å². The summed E-state index contributed by atoms with van der Waals surface area (Å²) in [5.41, 5.74) is 0.899. The Hall–Kier alpha value is -2.34. The Balaban J connectivity index is 2.69. The van der Waals surface area contributed by atoms with E-state index in [1.165, 1.54) is 6.07 Å². The lowest BCUT2D eigenvalue weighted by Gasteiger charge is -2.25. The zero-order chi connectivity index (χ0) is 24.6. The second-order valence-corrected chi connectivity index (χ2v) is 9.26. The quantitative estimate of drug-likeness (QED) is 0.283. The van der Waals surface area contributed by atoms with Gasteiger partial charge >= 0.3 is 12.1 Å². The largest absolute Gasteiger partial charge is 0.466 e. The first-order valence-corrected chi connectivity index (χ1v) is 11.7. The van der Waals surface area contributed by atoms with Crippen molar-refractivity contribution in [3.05, 3.63) is 59.2 Å². The van der Waals surface area contributed by atoms with E-state index in [9.17, 15) is 18.0 Å². The predicted octanol–water partition coefficient (Wildman–Crippen LogP) is 7.20. The molecule has 0 fully saturated rings. The van der Waals surface area contributed by atoms with E-state index in [1.807, 2.05) is 44.2 Å². The molecule has 0 saturated heterocycles. The number of esters is 1. The summed E-state index contributed by atoms with van der Waals surface area (Å²) in [4.78, 5) is 12.8. The smallest absolute Gasteiger partial charge is 0.417 e. The van der Waals surface area contributed by atoms with Crippen LogP contribution in [0.25, 0.3) is 11.1 Å². The molecule has 6 heteroatoms. The van der Waals surface area contributed by atoms with Crippen LogP contribution in [0.2, 0.25) is 0 Å². The van der Waals surface area contributed by atoms with Crippen LogP contribution in [0.4, 0.5) is 13.2 Å². The molecule has 0 aliphatic rings. The van der Waals surface area contributed by atoms with Crippen LogP contribution in [0.3, 0.4) is 0 Å². The van der Waals surface area contributed by atoms with Gasteiger partial charge in [-0.1, -0.05) is 58.0 Å². The maximum atomic E-state index is 14.4. The van der Waals surface area contributed by atoms with Gasteiger partial charge in [-0.25, -0.2) is 0 Å². The minimum absolute atomic E-state index is 0.00309. The average molecular weight is 464 g/mol. The summed E-state index contributed by atoms with van der Waals surface area (Å²) >= 11 is 0. The second kappa shape index (κ2) is 12.2. The molecule has 0 spiro atoms. The molecule has 0 aliphatic heterocycles. The minimum atomic E-state index is -4.60. The van der Waals surface area contributed by atoms with Gasteiger partial charge in [-0.2, -0.15) is 13.2 Å². The van der Waals surface area contributed by atoms with Gasteiger partial charge in [-0.05, 0) is 72.5 Å². The molecule has 182 valence electrons. The fraction of sp³-hybridized carbons (Fsp3) is 0.519. The first kappa shape index (κ1) is 26.9. The van der Waals surface area contributed by atoms with Gasteiger partial charge in [0.05, 0.1) is 18.1 Å². The summed E-state index contributed by atoms with van der Waals surface area (Å²) in [6, 6.07) is 12.4. The van der Waals surface area contributed by atoms with Gasteiger partial charge in [0, 0.05) is 6.54 Å². The lowest BCUT2D eigenvalue weighted by molar-refractivity contribution is -0.146. The molecule has 2 rings (SSSR count). The van der Waals surface area contributed by atoms with Crippen molar-refractivity contribution in [2.75, 3.05) is 13.2 Å². The van der Waals surface area contributed by atoms with Crippen molar-refractivity contribution in [3.63, 3.8) is 0 Å². The fourth-order valence-corrected chi connectivity index (χ4v) is 3.96. The number of carbonyl (C=O) groups excluding carboxylic acids is 1. The highest BCUT2D eigenvalue weighted by molar-refractivity contribution is 5.80. The number of rotatable bonds is 11. The first-order chi connectivity index (χ1) is 15.5. The molecule has 33 heavy (non-hydrogen) atoms. The van der Waals surface area contributed by atoms with Crippen molar-refractivity contribution in [1.29, 1.82) is 0 Å². The number of hydrogen-bond acceptors (Lipinski definition) is 3. The topological polar surface area (TPSA) is 38.3 Å². The number of halogens is 3. The third-order valence-corrected chi connectivity index (χ3v) is 5.51. The molecule has 2 aromatic carbocycles. The van der Waals surface area contributed by atoms with Crippen molar-refractivity contribution in [1.82, 2.24) is 5.32 Å². The molecule has 0 amide bonds. The number of alkyl halides is 3. The summed E-state index contributed by atoms with van der Waals surface area (Å²) in [7, 11) is 0. The molecule has 1 atom stereocenters. The molecule has 2 aromatic rings. The predicted molar refractivity (Wildman–Crippen MR) is 127 cm³/mol. The molecular weight excluding hydrogens is 427 g/mol. The maximum Gasteiger partial charge on any atom is 0.417 e. The monoisotopic (exact) mass is 463 g/mol. The molecule has 0 heterocycles. The van der Waals surface area contributed by atoms with E-state index in [-0.39, 0.29) is 36.6 Å². The number of hydrogen-bond donors (Lipinski definition) is 1. The molecule has 3 nitrogen and oxygen atoms in total. The molecule has 0 aromatic heterocycles. The molecule has 0 aliphatic carbocycles. The van der Waals surface area contributed by atoms with Gasteiger partial charge < -0.3 is 10.1 Å². The molecule has 1 unspecified atom stereocenters. The van der Waals surface area contributed by atoms with Gasteiger partial charge in [-0.15, -0.1) is 0 Å². The standard InChI is InChI=1S/C27H36F3NO2/c1-6-33-26(32)24(14-19(4)5)23-16-21(20-10-8-7-9-11-20)15-22(25(23)27(28,29)30)17-31-13-12-18(2)3/h7-11,15-16,18-19,24,31H,6,12-14,17H2,1-5H3. The van der Waals surface area contributed by atoms with E-state index in [0.29, 0.717) is 18.0 Å². The number of nitrogens with one attached hydrogen (secondary N) is 1. The van der Waals surface area contributed by atoms with Gasteiger partial charge in [0.15, 0.2) is 0 Å². The normalized spacial score (nSPS) is 12.9. The second-order valence-electron chi connectivity index (χ2n) is 9.26. The highest BCUT2D eigenvalue weighted by atomic mass is 19.4. The number of ether oxygens (including phenoxy) is 1. The van der Waals surface area contributed by atoms with Gasteiger partial charge in [0.2, 0.25) is 0 Å². The number of carbonyl (C=O) groups is 1. The zero-order valence-corrected chi connectivity index (χ0v) is 20.3. The Morgan fingerprint density at radius 2 is 1.67 bits per heavy atom. The van der Waals surface area contributed by atoms with E-state index < -0.39 is 23.6 Å². The Morgan fingerprint density at radius 1 is 1.00 bits per heavy atom. The van der Waals surface area contributed by atoms with Crippen LogP contribution in [0.15, 0.2) is 42.5 Å². The zero-order valence-electron chi connectivity index (χ0n) is 20.3. The van der Waals surface area contributed by atoms with E-state index in [2.05, 4.69) is 19.2 Å². The summed E-state index contributed by atoms with van der Waals surface area (Å²) < 4.78 is 48.6. The highest BCUT2D eigenvalue weighted by Gasteiger charge is 2.40.